The third kappa shape index (κ3) is 3.31. The van der Waals surface area contributed by atoms with E-state index in [-0.39, 0.29) is 5.91 Å². The molecule has 1 aromatic heterocycles. The summed E-state index contributed by atoms with van der Waals surface area (Å²) in [6, 6.07) is 7.30. The van der Waals surface area contributed by atoms with E-state index in [1.54, 1.807) is 23.9 Å². The monoisotopic (exact) mass is 264 g/mol. The molecule has 0 radical (unpaired) electrons. The highest BCUT2D eigenvalue weighted by atomic mass is 32.2. The fourth-order valence-corrected chi connectivity index (χ4v) is 2.05. The van der Waals surface area contributed by atoms with E-state index in [0.29, 0.717) is 5.56 Å². The molecule has 7 heteroatoms. The lowest BCUT2D eigenvalue weighted by Crippen LogP contribution is -2.21. The van der Waals surface area contributed by atoms with E-state index >= 15 is 0 Å². The predicted octanol–water partition coefficient (Wildman–Crippen LogP) is 1.39. The van der Waals surface area contributed by atoms with Crippen LogP contribution in [0, 0.1) is 0 Å². The van der Waals surface area contributed by atoms with Gasteiger partial charge in [0.25, 0.3) is 5.91 Å². The van der Waals surface area contributed by atoms with Crippen LogP contribution in [0.15, 0.2) is 35.7 Å². The smallest absolute Gasteiger partial charge is 0.274 e. The van der Waals surface area contributed by atoms with Crippen LogP contribution >= 0.6 is 11.8 Å². The number of nitrogens with zero attached hydrogens (tertiary/aromatic N) is 2. The van der Waals surface area contributed by atoms with Crippen LogP contribution < -0.4 is 5.48 Å². The Labute approximate surface area is 108 Å². The van der Waals surface area contributed by atoms with Crippen LogP contribution in [0.5, 0.6) is 0 Å². The third-order valence-electron chi connectivity index (χ3n) is 2.18. The van der Waals surface area contributed by atoms with Gasteiger partial charge in [0.1, 0.15) is 6.33 Å². The quantitative estimate of drug-likeness (QED) is 0.630. The fourth-order valence-electron chi connectivity index (χ4n) is 1.32. The molecular weight excluding hydrogens is 252 g/mol. The number of rotatable bonds is 5. The number of thioether (sulfide) groups is 1. The summed E-state index contributed by atoms with van der Waals surface area (Å²) in [4.78, 5) is 20.0. The standard InChI is InChI=1S/C11H12N4O2S/c1-17-15-10(16)9-4-2-8(3-5-9)6-18-11-12-7-13-14-11/h2-5,7H,6H2,1H3,(H,15,16)(H,12,13,14). The van der Waals surface area contributed by atoms with E-state index in [2.05, 4.69) is 25.5 Å². The first-order chi connectivity index (χ1) is 8.79. The van der Waals surface area contributed by atoms with E-state index in [4.69, 9.17) is 0 Å². The van der Waals surface area contributed by atoms with Gasteiger partial charge in [-0.15, -0.1) is 0 Å². The topological polar surface area (TPSA) is 79.9 Å². The Morgan fingerprint density at radius 1 is 1.44 bits per heavy atom. The average Bonchev–Trinajstić information content (AvgIpc) is 2.90. The van der Waals surface area contributed by atoms with Crippen molar-refractivity contribution in [2.45, 2.75) is 10.9 Å². The number of hydrogen-bond acceptors (Lipinski definition) is 5. The zero-order valence-corrected chi connectivity index (χ0v) is 10.5. The molecule has 0 atom stereocenters. The van der Waals surface area contributed by atoms with Crippen molar-refractivity contribution in [2.75, 3.05) is 7.11 Å². The maximum absolute atomic E-state index is 11.4. The highest BCUT2D eigenvalue weighted by molar-refractivity contribution is 7.98. The van der Waals surface area contributed by atoms with Crippen molar-refractivity contribution >= 4 is 17.7 Å². The highest BCUT2D eigenvalue weighted by Crippen LogP contribution is 2.18. The molecule has 0 aliphatic carbocycles. The van der Waals surface area contributed by atoms with Crippen LogP contribution in [-0.2, 0) is 10.6 Å². The summed E-state index contributed by atoms with van der Waals surface area (Å²) >= 11 is 1.55. The maximum Gasteiger partial charge on any atom is 0.274 e. The Hall–Kier alpha value is -1.86. The van der Waals surface area contributed by atoms with Crippen LogP contribution in [0.3, 0.4) is 0 Å². The molecule has 0 saturated carbocycles. The Kier molecular flexibility index (Phi) is 4.32. The minimum absolute atomic E-state index is 0.257. The number of amides is 1. The van der Waals surface area contributed by atoms with Crippen LogP contribution in [-0.4, -0.2) is 28.2 Å². The molecule has 0 saturated heterocycles. The van der Waals surface area contributed by atoms with Crippen LogP contribution in [0.4, 0.5) is 0 Å². The molecule has 2 aromatic rings. The third-order valence-corrected chi connectivity index (χ3v) is 3.13. The van der Waals surface area contributed by atoms with E-state index in [1.165, 1.54) is 13.4 Å². The normalized spacial score (nSPS) is 10.3. The first kappa shape index (κ1) is 12.6. The fraction of sp³-hybridized carbons (Fsp3) is 0.182. The summed E-state index contributed by atoms with van der Waals surface area (Å²) in [5.74, 6) is 0.508. The van der Waals surface area contributed by atoms with Crippen LogP contribution in [0.25, 0.3) is 0 Å². The summed E-state index contributed by atoms with van der Waals surface area (Å²) in [6.45, 7) is 0. The van der Waals surface area contributed by atoms with Gasteiger partial charge in [-0.25, -0.2) is 10.5 Å². The number of nitrogens with one attached hydrogen (secondary N) is 2. The average molecular weight is 264 g/mol. The van der Waals surface area contributed by atoms with Crippen molar-refractivity contribution in [1.82, 2.24) is 20.7 Å². The second-order valence-electron chi connectivity index (χ2n) is 3.41. The molecule has 94 valence electrons. The lowest BCUT2D eigenvalue weighted by atomic mass is 10.1. The van der Waals surface area contributed by atoms with Gasteiger partial charge in [0.05, 0.1) is 7.11 Å². The summed E-state index contributed by atoms with van der Waals surface area (Å²) < 4.78 is 0. The summed E-state index contributed by atoms with van der Waals surface area (Å²) in [5, 5.41) is 7.32. The summed E-state index contributed by atoms with van der Waals surface area (Å²) in [5.41, 5.74) is 3.93. The van der Waals surface area contributed by atoms with Gasteiger partial charge < -0.3 is 0 Å². The first-order valence-corrected chi connectivity index (χ1v) is 6.18. The zero-order chi connectivity index (χ0) is 12.8. The first-order valence-electron chi connectivity index (χ1n) is 5.20. The Morgan fingerprint density at radius 3 is 2.83 bits per heavy atom. The molecule has 0 spiro atoms. The maximum atomic E-state index is 11.4. The Balaban J connectivity index is 1.93. The molecule has 0 bridgehead atoms. The Bertz CT molecular complexity index is 498. The van der Waals surface area contributed by atoms with Crippen molar-refractivity contribution < 1.29 is 9.63 Å². The highest BCUT2D eigenvalue weighted by Gasteiger charge is 2.04. The number of aromatic nitrogens is 3. The number of hydroxylamine groups is 1. The van der Waals surface area contributed by atoms with Crippen molar-refractivity contribution in [2.24, 2.45) is 0 Å². The van der Waals surface area contributed by atoms with E-state index in [0.717, 1.165) is 16.5 Å². The SMILES string of the molecule is CONC(=O)c1ccc(CSc2ncn[nH]2)cc1. The van der Waals surface area contributed by atoms with Gasteiger partial charge in [-0.1, -0.05) is 23.9 Å². The lowest BCUT2D eigenvalue weighted by molar-refractivity contribution is 0.0537. The minimum atomic E-state index is -0.257. The van der Waals surface area contributed by atoms with Gasteiger partial charge >= 0.3 is 0 Å². The number of carbonyl (C=O) groups excluding carboxylic acids is 1. The molecule has 2 rings (SSSR count). The van der Waals surface area contributed by atoms with Gasteiger partial charge in [-0.05, 0) is 17.7 Å². The molecule has 1 aromatic carbocycles. The van der Waals surface area contributed by atoms with Crippen molar-refractivity contribution in [3.63, 3.8) is 0 Å². The molecule has 2 N–H and O–H groups in total. The lowest BCUT2D eigenvalue weighted by Gasteiger charge is -2.03. The van der Waals surface area contributed by atoms with E-state index in [1.807, 2.05) is 12.1 Å². The van der Waals surface area contributed by atoms with Crippen molar-refractivity contribution in [3.05, 3.63) is 41.7 Å². The molecule has 1 amide bonds. The van der Waals surface area contributed by atoms with Gasteiger partial charge in [0, 0.05) is 11.3 Å². The van der Waals surface area contributed by atoms with E-state index in [9.17, 15) is 4.79 Å². The Morgan fingerprint density at radius 2 is 2.22 bits per heavy atom. The van der Waals surface area contributed by atoms with Gasteiger partial charge in [0.2, 0.25) is 0 Å². The number of H-pyrrole nitrogens is 1. The predicted molar refractivity (Wildman–Crippen MR) is 66.9 cm³/mol. The molecular formula is C11H12N4O2S. The number of hydrogen-bond donors (Lipinski definition) is 2. The molecule has 0 fully saturated rings. The van der Waals surface area contributed by atoms with Gasteiger partial charge in [-0.3, -0.25) is 14.7 Å². The molecule has 18 heavy (non-hydrogen) atoms. The number of benzene rings is 1. The second-order valence-corrected chi connectivity index (χ2v) is 4.38. The van der Waals surface area contributed by atoms with E-state index < -0.39 is 0 Å². The van der Waals surface area contributed by atoms with Gasteiger partial charge in [0.15, 0.2) is 5.16 Å². The number of carbonyl (C=O) groups is 1. The molecule has 6 nitrogen and oxygen atoms in total. The molecule has 0 aliphatic heterocycles. The molecule has 1 heterocycles. The molecule has 0 unspecified atom stereocenters. The molecule has 0 aliphatic rings. The summed E-state index contributed by atoms with van der Waals surface area (Å²) in [6.07, 6.45) is 1.47. The van der Waals surface area contributed by atoms with Crippen LogP contribution in [0.2, 0.25) is 0 Å². The van der Waals surface area contributed by atoms with Crippen molar-refractivity contribution in [3.8, 4) is 0 Å². The number of aromatic amines is 1. The van der Waals surface area contributed by atoms with Gasteiger partial charge in [-0.2, -0.15) is 5.10 Å². The minimum Gasteiger partial charge on any atom is -0.277 e. The summed E-state index contributed by atoms with van der Waals surface area (Å²) in [7, 11) is 1.40. The second kappa shape index (κ2) is 6.18. The van der Waals surface area contributed by atoms with Crippen LogP contribution in [0.1, 0.15) is 15.9 Å². The largest absolute Gasteiger partial charge is 0.277 e. The van der Waals surface area contributed by atoms with Crippen molar-refractivity contribution in [1.29, 1.82) is 0 Å². The zero-order valence-electron chi connectivity index (χ0n) is 9.71.